The molecule has 1 atom stereocenters. The Morgan fingerprint density at radius 2 is 1.82 bits per heavy atom. The van der Waals surface area contributed by atoms with Crippen LogP contribution in [0.3, 0.4) is 0 Å². The van der Waals surface area contributed by atoms with Crippen LogP contribution in [-0.2, 0) is 21.4 Å². The maximum atomic E-state index is 13.1. The molecule has 1 fully saturated rings. The lowest BCUT2D eigenvalue weighted by Crippen LogP contribution is -2.51. The molecule has 2 aromatic carbocycles. The van der Waals surface area contributed by atoms with E-state index in [2.05, 4.69) is 21.2 Å². The van der Waals surface area contributed by atoms with Crippen LogP contribution < -0.4 is 5.32 Å². The number of benzene rings is 2. The number of amides is 1. The van der Waals surface area contributed by atoms with Crippen molar-refractivity contribution in [2.24, 2.45) is 0 Å². The molecule has 1 aliphatic rings. The van der Waals surface area contributed by atoms with Gasteiger partial charge in [0, 0.05) is 22.5 Å². The summed E-state index contributed by atoms with van der Waals surface area (Å²) < 4.78 is 28.3. The molecule has 0 aromatic heterocycles. The van der Waals surface area contributed by atoms with Crippen LogP contribution >= 0.6 is 27.7 Å². The average molecular weight is 483 g/mol. The van der Waals surface area contributed by atoms with E-state index in [0.29, 0.717) is 19.5 Å². The van der Waals surface area contributed by atoms with Gasteiger partial charge in [-0.3, -0.25) is 4.79 Å². The first-order valence-corrected chi connectivity index (χ1v) is 12.6. The van der Waals surface area contributed by atoms with E-state index in [4.69, 9.17) is 0 Å². The fourth-order valence-electron chi connectivity index (χ4n) is 3.25. The van der Waals surface area contributed by atoms with Crippen LogP contribution in [0.4, 0.5) is 0 Å². The first-order valence-electron chi connectivity index (χ1n) is 9.10. The van der Waals surface area contributed by atoms with E-state index < -0.39 is 16.1 Å². The molecule has 2 aromatic rings. The zero-order valence-electron chi connectivity index (χ0n) is 15.6. The topological polar surface area (TPSA) is 66.5 Å². The molecule has 0 aliphatic carbocycles. The Labute approximate surface area is 179 Å². The van der Waals surface area contributed by atoms with Crippen LogP contribution in [0.25, 0.3) is 0 Å². The second-order valence-electron chi connectivity index (χ2n) is 6.65. The van der Waals surface area contributed by atoms with Gasteiger partial charge < -0.3 is 5.32 Å². The van der Waals surface area contributed by atoms with Gasteiger partial charge in [-0.1, -0.05) is 34.5 Å². The highest BCUT2D eigenvalue weighted by molar-refractivity contribution is 9.10. The minimum Gasteiger partial charge on any atom is -0.351 e. The Morgan fingerprint density at radius 1 is 1.14 bits per heavy atom. The molecular formula is C20H23BrN2O3S2. The van der Waals surface area contributed by atoms with E-state index in [1.807, 2.05) is 30.5 Å². The summed E-state index contributed by atoms with van der Waals surface area (Å²) in [6, 6.07) is 13.8. The van der Waals surface area contributed by atoms with Crippen molar-refractivity contribution in [2.45, 2.75) is 41.6 Å². The molecule has 1 unspecified atom stereocenters. The monoisotopic (exact) mass is 482 g/mol. The fourth-order valence-corrected chi connectivity index (χ4v) is 5.58. The van der Waals surface area contributed by atoms with Gasteiger partial charge in [-0.25, -0.2) is 8.42 Å². The fraction of sp³-hybridized carbons (Fsp3) is 0.350. The molecule has 0 spiro atoms. The van der Waals surface area contributed by atoms with Crippen LogP contribution in [0.2, 0.25) is 0 Å². The van der Waals surface area contributed by atoms with Gasteiger partial charge in [-0.2, -0.15) is 4.31 Å². The van der Waals surface area contributed by atoms with Crippen LogP contribution in [0, 0.1) is 0 Å². The maximum Gasteiger partial charge on any atom is 0.243 e. The molecular weight excluding hydrogens is 460 g/mol. The highest BCUT2D eigenvalue weighted by Gasteiger charge is 2.37. The first-order chi connectivity index (χ1) is 13.4. The third kappa shape index (κ3) is 4.97. The van der Waals surface area contributed by atoms with E-state index in [1.165, 1.54) is 4.31 Å². The van der Waals surface area contributed by atoms with Gasteiger partial charge in [0.15, 0.2) is 0 Å². The summed E-state index contributed by atoms with van der Waals surface area (Å²) in [5, 5.41) is 2.91. The molecule has 0 saturated carbocycles. The van der Waals surface area contributed by atoms with Crippen LogP contribution in [-0.4, -0.2) is 37.5 Å². The van der Waals surface area contributed by atoms with E-state index in [9.17, 15) is 13.2 Å². The summed E-state index contributed by atoms with van der Waals surface area (Å²) in [5.41, 5.74) is 0.990. The van der Waals surface area contributed by atoms with Crippen molar-refractivity contribution in [1.29, 1.82) is 0 Å². The first kappa shape index (κ1) is 21.4. The number of thioether (sulfide) groups is 1. The van der Waals surface area contributed by atoms with E-state index >= 15 is 0 Å². The molecule has 5 nitrogen and oxygen atoms in total. The van der Waals surface area contributed by atoms with Crippen molar-refractivity contribution in [2.75, 3.05) is 12.8 Å². The zero-order chi connectivity index (χ0) is 20.1. The molecule has 150 valence electrons. The van der Waals surface area contributed by atoms with Gasteiger partial charge in [0.2, 0.25) is 15.9 Å². The highest BCUT2D eigenvalue weighted by Crippen LogP contribution is 2.26. The molecule has 1 heterocycles. The van der Waals surface area contributed by atoms with Gasteiger partial charge in [-0.05, 0) is 61.1 Å². The number of carbonyl (C=O) groups excluding carboxylic acids is 1. The smallest absolute Gasteiger partial charge is 0.243 e. The highest BCUT2D eigenvalue weighted by atomic mass is 79.9. The summed E-state index contributed by atoms with van der Waals surface area (Å²) in [6.07, 6.45) is 4.15. The van der Waals surface area contributed by atoms with Crippen molar-refractivity contribution >= 4 is 43.6 Å². The summed E-state index contributed by atoms with van der Waals surface area (Å²) in [6.45, 7) is 0.745. The molecule has 0 radical (unpaired) electrons. The Bertz CT molecular complexity index is 915. The van der Waals surface area contributed by atoms with Crippen molar-refractivity contribution in [3.8, 4) is 0 Å². The molecule has 1 aliphatic heterocycles. The second kappa shape index (κ2) is 9.43. The van der Waals surface area contributed by atoms with Crippen molar-refractivity contribution in [3.63, 3.8) is 0 Å². The second-order valence-corrected chi connectivity index (χ2v) is 10.3. The van der Waals surface area contributed by atoms with Crippen LogP contribution in [0.15, 0.2) is 62.8 Å². The van der Waals surface area contributed by atoms with E-state index in [-0.39, 0.29) is 10.8 Å². The number of rotatable bonds is 6. The average Bonchev–Trinajstić information content (AvgIpc) is 2.72. The van der Waals surface area contributed by atoms with Crippen molar-refractivity contribution in [3.05, 3.63) is 58.6 Å². The van der Waals surface area contributed by atoms with Crippen LogP contribution in [0.1, 0.15) is 24.8 Å². The lowest BCUT2D eigenvalue weighted by molar-refractivity contribution is -0.125. The minimum atomic E-state index is -3.72. The Balaban J connectivity index is 1.72. The standard InChI is InChI=1S/C20H23BrN2O3S2/c1-27-17-9-5-15(6-10-17)14-22-20(24)19-4-2-3-13-23(19)28(25,26)18-11-7-16(21)8-12-18/h5-12,19H,2-4,13-14H2,1H3,(H,22,24). The predicted molar refractivity (Wildman–Crippen MR) is 116 cm³/mol. The third-order valence-electron chi connectivity index (χ3n) is 4.80. The Hall–Kier alpha value is -1.35. The number of nitrogens with one attached hydrogen (secondary N) is 1. The molecule has 8 heteroatoms. The minimum absolute atomic E-state index is 0.211. The summed E-state index contributed by atoms with van der Waals surface area (Å²) >= 11 is 4.98. The number of nitrogens with zero attached hydrogens (tertiary/aromatic N) is 1. The quantitative estimate of drug-likeness (QED) is 0.631. The van der Waals surface area contributed by atoms with Gasteiger partial charge >= 0.3 is 0 Å². The summed E-state index contributed by atoms with van der Waals surface area (Å²) in [7, 11) is -3.72. The number of hydrogen-bond donors (Lipinski definition) is 1. The predicted octanol–water partition coefficient (Wildman–Crippen LogP) is 4.03. The van der Waals surface area contributed by atoms with Crippen LogP contribution in [0.5, 0.6) is 0 Å². The largest absolute Gasteiger partial charge is 0.351 e. The Morgan fingerprint density at radius 3 is 2.46 bits per heavy atom. The van der Waals surface area contributed by atoms with Gasteiger partial charge in [0.1, 0.15) is 6.04 Å². The normalized spacial score (nSPS) is 18.0. The number of carbonyl (C=O) groups is 1. The van der Waals surface area contributed by atoms with Gasteiger partial charge in [0.05, 0.1) is 4.90 Å². The molecule has 3 rings (SSSR count). The Kier molecular flexibility index (Phi) is 7.20. The maximum absolute atomic E-state index is 13.1. The lowest BCUT2D eigenvalue weighted by atomic mass is 10.0. The molecule has 1 saturated heterocycles. The number of sulfonamides is 1. The number of hydrogen-bond acceptors (Lipinski definition) is 4. The van der Waals surface area contributed by atoms with Gasteiger partial charge in [-0.15, -0.1) is 11.8 Å². The van der Waals surface area contributed by atoms with Crippen molar-refractivity contribution < 1.29 is 13.2 Å². The molecule has 28 heavy (non-hydrogen) atoms. The van der Waals surface area contributed by atoms with E-state index in [1.54, 1.807) is 36.0 Å². The van der Waals surface area contributed by atoms with Crippen molar-refractivity contribution in [1.82, 2.24) is 9.62 Å². The van der Waals surface area contributed by atoms with E-state index in [0.717, 1.165) is 27.8 Å². The number of piperidine rings is 1. The molecule has 0 bridgehead atoms. The SMILES string of the molecule is CSc1ccc(CNC(=O)C2CCCCN2S(=O)(=O)c2ccc(Br)cc2)cc1. The molecule has 1 N–H and O–H groups in total. The third-order valence-corrected chi connectivity index (χ3v) is 8.00. The summed E-state index contributed by atoms with van der Waals surface area (Å²) in [5.74, 6) is -0.241. The molecule has 1 amide bonds. The zero-order valence-corrected chi connectivity index (χ0v) is 18.8. The number of halogens is 1. The lowest BCUT2D eigenvalue weighted by Gasteiger charge is -2.33. The summed E-state index contributed by atoms with van der Waals surface area (Å²) in [4.78, 5) is 14.2. The van der Waals surface area contributed by atoms with Gasteiger partial charge in [0.25, 0.3) is 0 Å².